The largest absolute Gasteiger partial charge is 0.489 e. The van der Waals surface area contributed by atoms with Gasteiger partial charge in [-0.1, -0.05) is 11.6 Å². The monoisotopic (exact) mass is 367 g/mol. The number of fused-ring (bicyclic) bond motifs is 1. The number of rotatable bonds is 5. The molecule has 1 aromatic rings. The molecule has 1 aliphatic heterocycles. The molecule has 0 saturated heterocycles. The standard InChI is InChI=1S/C18H22ClNO5/c1-11(2)20-18(22)12(3)25-16(21)6-5-13-9-14(19)17-15(10-13)23-7-4-8-24-17/h5-6,9-12H,4,7-8H2,1-3H3,(H,20,22)/b6-5+/t12-/m0/s1. The Morgan fingerprint density at radius 2 is 1.96 bits per heavy atom. The molecule has 2 rings (SSSR count). The Morgan fingerprint density at radius 3 is 2.68 bits per heavy atom. The highest BCUT2D eigenvalue weighted by molar-refractivity contribution is 6.32. The zero-order chi connectivity index (χ0) is 18.4. The molecule has 0 spiro atoms. The number of esters is 1. The number of hydrogen-bond acceptors (Lipinski definition) is 5. The minimum Gasteiger partial charge on any atom is -0.489 e. The molecular weight excluding hydrogens is 346 g/mol. The second-order valence-corrected chi connectivity index (χ2v) is 6.36. The van der Waals surface area contributed by atoms with Gasteiger partial charge in [0.15, 0.2) is 17.6 Å². The maximum atomic E-state index is 11.9. The normalized spacial score (nSPS) is 14.9. The molecule has 0 saturated carbocycles. The van der Waals surface area contributed by atoms with Gasteiger partial charge in [0.25, 0.3) is 5.91 Å². The Labute approximate surface area is 152 Å². The Bertz CT molecular complexity index is 672. The molecule has 0 aromatic heterocycles. The van der Waals surface area contributed by atoms with Crippen molar-refractivity contribution in [2.45, 2.75) is 39.3 Å². The zero-order valence-electron chi connectivity index (χ0n) is 14.5. The van der Waals surface area contributed by atoms with Crippen LogP contribution in [-0.2, 0) is 14.3 Å². The van der Waals surface area contributed by atoms with E-state index in [9.17, 15) is 9.59 Å². The molecule has 0 fully saturated rings. The van der Waals surface area contributed by atoms with E-state index in [2.05, 4.69) is 5.32 Å². The van der Waals surface area contributed by atoms with E-state index in [1.807, 2.05) is 13.8 Å². The van der Waals surface area contributed by atoms with Crippen molar-refractivity contribution in [1.29, 1.82) is 0 Å². The second kappa shape index (κ2) is 8.76. The van der Waals surface area contributed by atoms with E-state index < -0.39 is 12.1 Å². The van der Waals surface area contributed by atoms with Crippen LogP contribution < -0.4 is 14.8 Å². The fourth-order valence-corrected chi connectivity index (χ4v) is 2.45. The molecule has 6 nitrogen and oxygen atoms in total. The van der Waals surface area contributed by atoms with Gasteiger partial charge in [0.05, 0.1) is 18.2 Å². The number of ether oxygens (including phenoxy) is 3. The third-order valence-corrected chi connectivity index (χ3v) is 3.61. The third-order valence-electron chi connectivity index (χ3n) is 3.33. The number of nitrogens with one attached hydrogen (secondary N) is 1. The molecule has 0 radical (unpaired) electrons. The number of amides is 1. The number of benzene rings is 1. The van der Waals surface area contributed by atoms with E-state index in [1.54, 1.807) is 18.2 Å². The van der Waals surface area contributed by atoms with Gasteiger partial charge < -0.3 is 19.5 Å². The van der Waals surface area contributed by atoms with Crippen LogP contribution in [0.3, 0.4) is 0 Å². The van der Waals surface area contributed by atoms with E-state index in [0.29, 0.717) is 35.3 Å². The minimum absolute atomic E-state index is 0.0202. The van der Waals surface area contributed by atoms with Gasteiger partial charge in [0.2, 0.25) is 0 Å². The maximum absolute atomic E-state index is 11.9. The second-order valence-electron chi connectivity index (χ2n) is 5.96. The van der Waals surface area contributed by atoms with Gasteiger partial charge in [0.1, 0.15) is 0 Å². The van der Waals surface area contributed by atoms with Crippen LogP contribution in [-0.4, -0.2) is 37.2 Å². The first-order chi connectivity index (χ1) is 11.9. The predicted molar refractivity (Wildman–Crippen MR) is 94.9 cm³/mol. The highest BCUT2D eigenvalue weighted by atomic mass is 35.5. The lowest BCUT2D eigenvalue weighted by atomic mass is 10.2. The molecule has 1 amide bonds. The molecule has 0 unspecified atom stereocenters. The van der Waals surface area contributed by atoms with Gasteiger partial charge in [-0.25, -0.2) is 4.79 Å². The molecular formula is C18H22ClNO5. The van der Waals surface area contributed by atoms with Gasteiger partial charge >= 0.3 is 5.97 Å². The van der Waals surface area contributed by atoms with Crippen molar-refractivity contribution >= 4 is 29.6 Å². The summed E-state index contributed by atoms with van der Waals surface area (Å²) >= 11 is 6.20. The van der Waals surface area contributed by atoms with Gasteiger partial charge in [-0.05, 0) is 44.5 Å². The van der Waals surface area contributed by atoms with Gasteiger partial charge in [0, 0.05) is 18.5 Å². The van der Waals surface area contributed by atoms with E-state index in [0.717, 1.165) is 6.42 Å². The van der Waals surface area contributed by atoms with E-state index >= 15 is 0 Å². The molecule has 136 valence electrons. The maximum Gasteiger partial charge on any atom is 0.331 e. The molecule has 0 bridgehead atoms. The lowest BCUT2D eigenvalue weighted by Crippen LogP contribution is -2.39. The Hall–Kier alpha value is -2.21. The molecule has 25 heavy (non-hydrogen) atoms. The summed E-state index contributed by atoms with van der Waals surface area (Å²) in [7, 11) is 0. The van der Waals surface area contributed by atoms with Crippen LogP contribution in [0, 0.1) is 0 Å². The zero-order valence-corrected chi connectivity index (χ0v) is 15.3. The minimum atomic E-state index is -0.869. The van der Waals surface area contributed by atoms with Crippen molar-refractivity contribution in [3.8, 4) is 11.5 Å². The van der Waals surface area contributed by atoms with Crippen molar-refractivity contribution in [3.05, 3.63) is 28.8 Å². The third kappa shape index (κ3) is 5.67. The van der Waals surface area contributed by atoms with Crippen LogP contribution in [0.4, 0.5) is 0 Å². The molecule has 1 aliphatic rings. The molecule has 7 heteroatoms. The van der Waals surface area contributed by atoms with Crippen LogP contribution in [0.1, 0.15) is 32.8 Å². The number of carbonyl (C=O) groups excluding carboxylic acids is 2. The average molecular weight is 368 g/mol. The molecule has 1 aromatic carbocycles. The van der Waals surface area contributed by atoms with Gasteiger partial charge in [-0.2, -0.15) is 0 Å². The fraction of sp³-hybridized carbons (Fsp3) is 0.444. The molecule has 1 N–H and O–H groups in total. The van der Waals surface area contributed by atoms with E-state index in [-0.39, 0.29) is 11.9 Å². The van der Waals surface area contributed by atoms with Crippen molar-refractivity contribution in [3.63, 3.8) is 0 Å². The lowest BCUT2D eigenvalue weighted by molar-refractivity contribution is -0.150. The van der Waals surface area contributed by atoms with Crippen molar-refractivity contribution in [1.82, 2.24) is 5.32 Å². The summed E-state index contributed by atoms with van der Waals surface area (Å²) in [5, 5.41) is 3.10. The Morgan fingerprint density at radius 1 is 1.24 bits per heavy atom. The first-order valence-corrected chi connectivity index (χ1v) is 8.53. The quantitative estimate of drug-likeness (QED) is 0.639. The smallest absolute Gasteiger partial charge is 0.331 e. The highest BCUT2D eigenvalue weighted by Crippen LogP contribution is 2.38. The summed E-state index contributed by atoms with van der Waals surface area (Å²) in [4.78, 5) is 23.6. The number of halogens is 1. The summed E-state index contributed by atoms with van der Waals surface area (Å²) in [5.74, 6) is 0.102. The van der Waals surface area contributed by atoms with Gasteiger partial charge in [-0.3, -0.25) is 4.79 Å². The van der Waals surface area contributed by atoms with Crippen LogP contribution in [0.2, 0.25) is 5.02 Å². The summed E-state index contributed by atoms with van der Waals surface area (Å²) in [6.07, 6.45) is 2.70. The lowest BCUT2D eigenvalue weighted by Gasteiger charge is -2.14. The van der Waals surface area contributed by atoms with Crippen LogP contribution in [0.15, 0.2) is 18.2 Å². The van der Waals surface area contributed by atoms with Crippen molar-refractivity contribution in [2.24, 2.45) is 0 Å². The van der Waals surface area contributed by atoms with Crippen molar-refractivity contribution in [2.75, 3.05) is 13.2 Å². The van der Waals surface area contributed by atoms with Crippen LogP contribution >= 0.6 is 11.6 Å². The van der Waals surface area contributed by atoms with E-state index in [1.165, 1.54) is 13.0 Å². The number of carbonyl (C=O) groups is 2. The van der Waals surface area contributed by atoms with Crippen LogP contribution in [0.5, 0.6) is 11.5 Å². The van der Waals surface area contributed by atoms with E-state index in [4.69, 9.17) is 25.8 Å². The first-order valence-electron chi connectivity index (χ1n) is 8.15. The van der Waals surface area contributed by atoms with Gasteiger partial charge in [-0.15, -0.1) is 0 Å². The first kappa shape index (κ1) is 19.1. The Balaban J connectivity index is 2.01. The summed E-state index contributed by atoms with van der Waals surface area (Å²) < 4.78 is 16.2. The van der Waals surface area contributed by atoms with Crippen LogP contribution in [0.25, 0.3) is 6.08 Å². The molecule has 0 aliphatic carbocycles. The highest BCUT2D eigenvalue weighted by Gasteiger charge is 2.17. The summed E-state index contributed by atoms with van der Waals surface area (Å²) in [5.41, 5.74) is 0.672. The number of hydrogen-bond donors (Lipinski definition) is 1. The fourth-order valence-electron chi connectivity index (χ4n) is 2.18. The topological polar surface area (TPSA) is 73.9 Å². The SMILES string of the molecule is CC(C)NC(=O)[C@H](C)OC(=O)/C=C/c1cc(Cl)c2c(c1)OCCCO2. The summed E-state index contributed by atoms with van der Waals surface area (Å²) in [6, 6.07) is 3.40. The predicted octanol–water partition coefficient (Wildman–Crippen LogP) is 2.97. The average Bonchev–Trinajstić information content (AvgIpc) is 2.78. The Kier molecular flexibility index (Phi) is 6.70. The summed E-state index contributed by atoms with van der Waals surface area (Å²) in [6.45, 7) is 6.28. The molecule has 1 atom stereocenters. The molecule has 1 heterocycles. The van der Waals surface area contributed by atoms with Crippen molar-refractivity contribution < 1.29 is 23.8 Å².